The maximum Gasteiger partial charge on any atom is 0.315 e. The lowest BCUT2D eigenvalue weighted by Crippen LogP contribution is -2.34. The van der Waals surface area contributed by atoms with Gasteiger partial charge < -0.3 is 10.6 Å². The number of para-hydroxylation sites is 1. The lowest BCUT2D eigenvalue weighted by Gasteiger charge is -2.13. The van der Waals surface area contributed by atoms with Crippen molar-refractivity contribution in [2.75, 3.05) is 0 Å². The topological polar surface area (TPSA) is 71.8 Å². The Labute approximate surface area is 170 Å². The molecule has 2 amide bonds. The van der Waals surface area contributed by atoms with Crippen molar-refractivity contribution in [2.24, 2.45) is 0 Å². The van der Waals surface area contributed by atoms with Crippen molar-refractivity contribution in [1.82, 2.24) is 25.4 Å². The van der Waals surface area contributed by atoms with Gasteiger partial charge in [0.25, 0.3) is 0 Å². The van der Waals surface area contributed by atoms with Gasteiger partial charge in [0.05, 0.1) is 28.6 Å². The molecule has 0 radical (unpaired) electrons. The number of rotatable bonds is 5. The summed E-state index contributed by atoms with van der Waals surface area (Å²) in [7, 11) is 0. The number of carbonyl (C=O) groups excluding carboxylic acids is 1. The Hall–Kier alpha value is -2.67. The molecule has 28 heavy (non-hydrogen) atoms. The molecule has 148 valence electrons. The fourth-order valence-electron chi connectivity index (χ4n) is 2.89. The zero-order valence-corrected chi connectivity index (χ0v) is 17.9. The fourth-order valence-corrected chi connectivity index (χ4v) is 3.79. The minimum Gasteiger partial charge on any atom is -0.334 e. The van der Waals surface area contributed by atoms with Crippen molar-refractivity contribution in [1.29, 1.82) is 0 Å². The zero-order valence-electron chi connectivity index (χ0n) is 17.0. The van der Waals surface area contributed by atoms with Crippen LogP contribution in [-0.2, 0) is 18.5 Å². The number of nitrogens with zero attached hydrogens (tertiary/aromatic N) is 3. The Morgan fingerprint density at radius 2 is 1.79 bits per heavy atom. The van der Waals surface area contributed by atoms with E-state index in [-0.39, 0.29) is 11.4 Å². The van der Waals surface area contributed by atoms with Crippen LogP contribution in [0.1, 0.15) is 48.4 Å². The summed E-state index contributed by atoms with van der Waals surface area (Å²) in [6.45, 7) is 11.2. The van der Waals surface area contributed by atoms with E-state index in [0.717, 1.165) is 33.3 Å². The normalized spacial score (nSPS) is 11.5. The van der Waals surface area contributed by atoms with Gasteiger partial charge in [0.15, 0.2) is 0 Å². The minimum atomic E-state index is -0.212. The SMILES string of the molecule is Cc1nn(-c2ccccc2)c(C)c1CNC(=O)NCc1csc(C(C)(C)C)n1. The average molecular weight is 398 g/mol. The summed E-state index contributed by atoms with van der Waals surface area (Å²) in [5.74, 6) is 0. The van der Waals surface area contributed by atoms with Crippen LogP contribution in [0.5, 0.6) is 0 Å². The van der Waals surface area contributed by atoms with Crippen LogP contribution in [0, 0.1) is 13.8 Å². The molecule has 6 nitrogen and oxygen atoms in total. The summed E-state index contributed by atoms with van der Waals surface area (Å²) in [5.41, 5.74) is 4.89. The molecule has 0 unspecified atom stereocenters. The van der Waals surface area contributed by atoms with Crippen LogP contribution in [0.25, 0.3) is 5.69 Å². The van der Waals surface area contributed by atoms with E-state index in [2.05, 4.69) is 41.5 Å². The van der Waals surface area contributed by atoms with Gasteiger partial charge in [-0.15, -0.1) is 11.3 Å². The van der Waals surface area contributed by atoms with Crippen LogP contribution >= 0.6 is 11.3 Å². The summed E-state index contributed by atoms with van der Waals surface area (Å²) < 4.78 is 1.91. The second-order valence-electron chi connectivity index (χ2n) is 7.83. The number of urea groups is 1. The van der Waals surface area contributed by atoms with Crippen LogP contribution < -0.4 is 10.6 Å². The van der Waals surface area contributed by atoms with Crippen LogP contribution in [0.3, 0.4) is 0 Å². The van der Waals surface area contributed by atoms with E-state index in [4.69, 9.17) is 0 Å². The predicted molar refractivity (Wildman–Crippen MR) is 113 cm³/mol. The molecule has 2 aromatic heterocycles. The number of nitrogens with one attached hydrogen (secondary N) is 2. The summed E-state index contributed by atoms with van der Waals surface area (Å²) in [4.78, 5) is 16.8. The monoisotopic (exact) mass is 397 g/mol. The molecule has 0 bridgehead atoms. The Morgan fingerprint density at radius 3 is 2.43 bits per heavy atom. The molecular weight excluding hydrogens is 370 g/mol. The first-order valence-electron chi connectivity index (χ1n) is 9.33. The first-order valence-corrected chi connectivity index (χ1v) is 10.2. The molecule has 2 heterocycles. The largest absolute Gasteiger partial charge is 0.334 e. The lowest BCUT2D eigenvalue weighted by molar-refractivity contribution is 0.240. The molecule has 0 aliphatic carbocycles. The summed E-state index contributed by atoms with van der Waals surface area (Å²) in [6, 6.07) is 9.78. The zero-order chi connectivity index (χ0) is 20.3. The van der Waals surface area contributed by atoms with E-state index in [9.17, 15) is 4.79 Å². The van der Waals surface area contributed by atoms with Gasteiger partial charge in [-0.25, -0.2) is 14.5 Å². The fraction of sp³-hybridized carbons (Fsp3) is 0.381. The van der Waals surface area contributed by atoms with Gasteiger partial charge >= 0.3 is 6.03 Å². The maximum atomic E-state index is 12.2. The first kappa shape index (κ1) is 20.1. The third kappa shape index (κ3) is 4.59. The molecule has 3 aromatic rings. The third-order valence-electron chi connectivity index (χ3n) is 4.49. The molecule has 3 rings (SSSR count). The maximum absolute atomic E-state index is 12.2. The van der Waals surface area contributed by atoms with Crippen molar-refractivity contribution in [3.63, 3.8) is 0 Å². The molecule has 0 aliphatic rings. The second kappa shape index (κ2) is 8.14. The average Bonchev–Trinajstić information content (AvgIpc) is 3.24. The number of amides is 2. The number of hydrogen-bond donors (Lipinski definition) is 2. The summed E-state index contributed by atoms with van der Waals surface area (Å²) >= 11 is 1.63. The van der Waals surface area contributed by atoms with Crippen LogP contribution in [-0.4, -0.2) is 20.8 Å². The molecule has 0 saturated heterocycles. The molecule has 1 aromatic carbocycles. The number of aryl methyl sites for hydroxylation is 1. The number of carbonyl (C=O) groups is 1. The summed E-state index contributed by atoms with van der Waals surface area (Å²) in [5, 5.41) is 13.5. The molecule has 0 atom stereocenters. The Kier molecular flexibility index (Phi) is 5.84. The molecular formula is C21H27N5OS. The molecule has 0 spiro atoms. The van der Waals surface area contributed by atoms with Crippen molar-refractivity contribution >= 4 is 17.4 Å². The van der Waals surface area contributed by atoms with E-state index in [1.165, 1.54) is 0 Å². The van der Waals surface area contributed by atoms with Gasteiger partial charge in [-0.1, -0.05) is 39.0 Å². The Balaban J connectivity index is 1.58. The molecule has 0 aliphatic heterocycles. The van der Waals surface area contributed by atoms with Gasteiger partial charge in [0, 0.05) is 28.6 Å². The van der Waals surface area contributed by atoms with Gasteiger partial charge in [0.1, 0.15) is 0 Å². The highest BCUT2D eigenvalue weighted by molar-refractivity contribution is 7.09. The quantitative estimate of drug-likeness (QED) is 0.676. The lowest BCUT2D eigenvalue weighted by atomic mass is 9.98. The predicted octanol–water partition coefficient (Wildman–Crippen LogP) is 4.24. The van der Waals surface area contributed by atoms with E-state index in [1.807, 2.05) is 54.2 Å². The highest BCUT2D eigenvalue weighted by Crippen LogP contribution is 2.25. The van der Waals surface area contributed by atoms with E-state index >= 15 is 0 Å². The first-order chi connectivity index (χ1) is 13.3. The molecule has 0 saturated carbocycles. The van der Waals surface area contributed by atoms with Crippen LogP contribution in [0.4, 0.5) is 4.79 Å². The van der Waals surface area contributed by atoms with Gasteiger partial charge in [0.2, 0.25) is 0 Å². The van der Waals surface area contributed by atoms with Gasteiger partial charge in [-0.3, -0.25) is 0 Å². The molecule has 7 heteroatoms. The molecule has 2 N–H and O–H groups in total. The van der Waals surface area contributed by atoms with Crippen LogP contribution in [0.15, 0.2) is 35.7 Å². The number of thiazole rings is 1. The Bertz CT molecular complexity index is 953. The van der Waals surface area contributed by atoms with E-state index < -0.39 is 0 Å². The van der Waals surface area contributed by atoms with Crippen molar-refractivity contribution in [3.05, 3.63) is 63.4 Å². The number of aromatic nitrogens is 3. The van der Waals surface area contributed by atoms with Crippen molar-refractivity contribution in [3.8, 4) is 5.69 Å². The highest BCUT2D eigenvalue weighted by Gasteiger charge is 2.18. The van der Waals surface area contributed by atoms with Crippen LogP contribution in [0.2, 0.25) is 0 Å². The van der Waals surface area contributed by atoms with Crippen molar-refractivity contribution in [2.45, 2.75) is 53.1 Å². The second-order valence-corrected chi connectivity index (χ2v) is 8.69. The number of hydrogen-bond acceptors (Lipinski definition) is 4. The molecule has 0 fully saturated rings. The highest BCUT2D eigenvalue weighted by atomic mass is 32.1. The van der Waals surface area contributed by atoms with E-state index in [0.29, 0.717) is 13.1 Å². The van der Waals surface area contributed by atoms with Gasteiger partial charge in [-0.2, -0.15) is 5.10 Å². The standard InChI is InChI=1S/C21H27N5OS/c1-14-18(15(2)26(25-14)17-9-7-6-8-10-17)12-23-20(27)22-11-16-13-28-19(24-16)21(3,4)5/h6-10,13H,11-12H2,1-5H3,(H2,22,23,27). The van der Waals surface area contributed by atoms with Crippen molar-refractivity contribution < 1.29 is 4.79 Å². The minimum absolute atomic E-state index is 0.0269. The van der Waals surface area contributed by atoms with E-state index in [1.54, 1.807) is 11.3 Å². The summed E-state index contributed by atoms with van der Waals surface area (Å²) in [6.07, 6.45) is 0. The van der Waals surface area contributed by atoms with Gasteiger partial charge in [-0.05, 0) is 26.0 Å². The number of benzene rings is 1. The third-order valence-corrected chi connectivity index (χ3v) is 5.81. The Morgan fingerprint density at radius 1 is 1.11 bits per heavy atom. The smallest absolute Gasteiger partial charge is 0.315 e.